The van der Waals surface area contributed by atoms with Gasteiger partial charge >= 0.3 is 0 Å². The zero-order chi connectivity index (χ0) is 17.3. The van der Waals surface area contributed by atoms with Gasteiger partial charge in [0, 0.05) is 44.2 Å². The average Bonchev–Trinajstić information content (AvgIpc) is 2.56. The number of H-pyrrole nitrogens is 1. The highest BCUT2D eigenvalue weighted by Gasteiger charge is 2.23. The molecule has 0 bridgehead atoms. The quantitative estimate of drug-likeness (QED) is 0.940. The van der Waals surface area contributed by atoms with Gasteiger partial charge in [-0.05, 0) is 23.9 Å². The monoisotopic (exact) mass is 327 g/mol. The van der Waals surface area contributed by atoms with Crippen molar-refractivity contribution in [1.29, 1.82) is 0 Å². The standard InChI is InChI=1S/C19H25N3O2/c1-13(2)19(24)22-9-7-21(8-10-22)12-16-11-15-6-4-5-14(3)17(15)20-18(16)23/h4-6,11,13H,7-10,12H2,1-3H3,(H,20,23). The van der Waals surface area contributed by atoms with Crippen LogP contribution in [0.5, 0.6) is 0 Å². The molecule has 5 nitrogen and oxygen atoms in total. The molecule has 0 unspecified atom stereocenters. The van der Waals surface area contributed by atoms with Crippen molar-refractivity contribution in [3.63, 3.8) is 0 Å². The summed E-state index contributed by atoms with van der Waals surface area (Å²) >= 11 is 0. The Hall–Kier alpha value is -2.14. The fraction of sp³-hybridized carbons (Fsp3) is 0.474. The third kappa shape index (κ3) is 3.36. The number of aryl methyl sites for hydroxylation is 1. The van der Waals surface area contributed by atoms with Crippen LogP contribution in [0.2, 0.25) is 0 Å². The second-order valence-corrected chi connectivity index (χ2v) is 6.92. The minimum Gasteiger partial charge on any atom is -0.340 e. The van der Waals surface area contributed by atoms with E-state index in [1.54, 1.807) is 0 Å². The lowest BCUT2D eigenvalue weighted by atomic mass is 10.1. The highest BCUT2D eigenvalue weighted by molar-refractivity contribution is 5.82. The number of hydrogen-bond donors (Lipinski definition) is 1. The summed E-state index contributed by atoms with van der Waals surface area (Å²) in [5.74, 6) is 0.261. The molecule has 2 heterocycles. The van der Waals surface area contributed by atoms with Gasteiger partial charge in [-0.1, -0.05) is 32.0 Å². The van der Waals surface area contributed by atoms with E-state index in [9.17, 15) is 9.59 Å². The third-order valence-corrected chi connectivity index (χ3v) is 4.74. The first-order valence-corrected chi connectivity index (χ1v) is 8.58. The largest absolute Gasteiger partial charge is 0.340 e. The molecule has 1 aliphatic rings. The molecular weight excluding hydrogens is 302 g/mol. The maximum Gasteiger partial charge on any atom is 0.252 e. The van der Waals surface area contributed by atoms with E-state index in [4.69, 9.17) is 0 Å². The number of hydrogen-bond acceptors (Lipinski definition) is 3. The van der Waals surface area contributed by atoms with E-state index in [2.05, 4.69) is 9.88 Å². The Balaban J connectivity index is 1.71. The van der Waals surface area contributed by atoms with Gasteiger partial charge in [-0.3, -0.25) is 14.5 Å². The minimum absolute atomic E-state index is 0.0162. The Labute approximate surface area is 142 Å². The number of benzene rings is 1. The molecule has 0 saturated carbocycles. The predicted molar refractivity (Wildman–Crippen MR) is 96.0 cm³/mol. The molecule has 3 rings (SSSR count). The first kappa shape index (κ1) is 16.7. The van der Waals surface area contributed by atoms with Gasteiger partial charge in [0.25, 0.3) is 5.56 Å². The van der Waals surface area contributed by atoms with Crippen molar-refractivity contribution in [3.05, 3.63) is 45.7 Å². The Morgan fingerprint density at radius 2 is 1.92 bits per heavy atom. The van der Waals surface area contributed by atoms with Crippen LogP contribution in [0.3, 0.4) is 0 Å². The molecule has 0 atom stereocenters. The van der Waals surface area contributed by atoms with Crippen molar-refractivity contribution in [3.8, 4) is 0 Å². The Morgan fingerprint density at radius 3 is 2.58 bits per heavy atom. The molecule has 1 amide bonds. The lowest BCUT2D eigenvalue weighted by molar-refractivity contribution is -0.136. The summed E-state index contributed by atoms with van der Waals surface area (Å²) in [7, 11) is 0. The van der Waals surface area contributed by atoms with Crippen LogP contribution in [0.1, 0.15) is 25.0 Å². The topological polar surface area (TPSA) is 56.4 Å². The predicted octanol–water partition coefficient (Wildman–Crippen LogP) is 2.14. The van der Waals surface area contributed by atoms with Crippen molar-refractivity contribution < 1.29 is 4.79 Å². The molecule has 128 valence electrons. The number of aromatic amines is 1. The van der Waals surface area contributed by atoms with Gasteiger partial charge < -0.3 is 9.88 Å². The normalized spacial score (nSPS) is 16.1. The number of pyridine rings is 1. The van der Waals surface area contributed by atoms with E-state index < -0.39 is 0 Å². The Bertz CT molecular complexity index is 802. The van der Waals surface area contributed by atoms with Gasteiger partial charge in [-0.15, -0.1) is 0 Å². The summed E-state index contributed by atoms with van der Waals surface area (Å²) in [6, 6.07) is 8.03. The molecular formula is C19H25N3O2. The molecule has 1 aromatic carbocycles. The highest BCUT2D eigenvalue weighted by atomic mass is 16.2. The second-order valence-electron chi connectivity index (χ2n) is 6.92. The van der Waals surface area contributed by atoms with Crippen molar-refractivity contribution in [1.82, 2.24) is 14.8 Å². The summed E-state index contributed by atoms with van der Waals surface area (Å²) < 4.78 is 0. The molecule has 1 aliphatic heterocycles. The van der Waals surface area contributed by atoms with Gasteiger partial charge in [0.1, 0.15) is 0 Å². The van der Waals surface area contributed by atoms with Crippen molar-refractivity contribution in [2.24, 2.45) is 5.92 Å². The lowest BCUT2D eigenvalue weighted by Crippen LogP contribution is -2.49. The van der Waals surface area contributed by atoms with Gasteiger partial charge in [-0.25, -0.2) is 0 Å². The summed E-state index contributed by atoms with van der Waals surface area (Å²) in [6.07, 6.45) is 0. The average molecular weight is 327 g/mol. The van der Waals surface area contributed by atoms with Crippen LogP contribution < -0.4 is 5.56 Å². The minimum atomic E-state index is -0.0162. The number of amides is 1. The van der Waals surface area contributed by atoms with Crippen LogP contribution in [-0.4, -0.2) is 46.9 Å². The SMILES string of the molecule is Cc1cccc2cc(CN3CCN(C(=O)C(C)C)CC3)c(=O)[nH]c12. The smallest absolute Gasteiger partial charge is 0.252 e. The summed E-state index contributed by atoms with van der Waals surface area (Å²) in [4.78, 5) is 31.6. The van der Waals surface area contributed by atoms with Crippen LogP contribution in [0.4, 0.5) is 0 Å². The molecule has 0 radical (unpaired) electrons. The molecule has 24 heavy (non-hydrogen) atoms. The van der Waals surface area contributed by atoms with E-state index in [-0.39, 0.29) is 17.4 Å². The molecule has 1 N–H and O–H groups in total. The van der Waals surface area contributed by atoms with Gasteiger partial charge in [-0.2, -0.15) is 0 Å². The van der Waals surface area contributed by atoms with E-state index >= 15 is 0 Å². The number of nitrogens with zero attached hydrogens (tertiary/aromatic N) is 2. The van der Waals surface area contributed by atoms with Gasteiger partial charge in [0.05, 0.1) is 5.52 Å². The van der Waals surface area contributed by atoms with E-state index in [0.717, 1.165) is 48.2 Å². The van der Waals surface area contributed by atoms with Crippen molar-refractivity contribution >= 4 is 16.8 Å². The van der Waals surface area contributed by atoms with E-state index in [0.29, 0.717) is 6.54 Å². The zero-order valence-corrected chi connectivity index (χ0v) is 14.6. The van der Waals surface area contributed by atoms with Gasteiger partial charge in [0.15, 0.2) is 0 Å². The van der Waals surface area contributed by atoms with E-state index in [1.165, 1.54) is 0 Å². The maximum absolute atomic E-state index is 12.4. The van der Waals surface area contributed by atoms with Crippen molar-refractivity contribution in [2.45, 2.75) is 27.3 Å². The van der Waals surface area contributed by atoms with E-state index in [1.807, 2.05) is 49.9 Å². The Morgan fingerprint density at radius 1 is 1.21 bits per heavy atom. The zero-order valence-electron chi connectivity index (χ0n) is 14.6. The number of carbonyl (C=O) groups is 1. The summed E-state index contributed by atoms with van der Waals surface area (Å²) in [5.41, 5.74) is 2.77. The van der Waals surface area contributed by atoms with Crippen molar-refractivity contribution in [2.75, 3.05) is 26.2 Å². The molecule has 0 aliphatic carbocycles. The molecule has 0 spiro atoms. The molecule has 1 fully saturated rings. The number of aromatic nitrogens is 1. The molecule has 1 saturated heterocycles. The number of fused-ring (bicyclic) bond motifs is 1. The number of nitrogens with one attached hydrogen (secondary N) is 1. The van der Waals surface area contributed by atoms with Crippen LogP contribution in [0, 0.1) is 12.8 Å². The first-order chi connectivity index (χ1) is 11.5. The first-order valence-electron chi connectivity index (χ1n) is 8.58. The third-order valence-electron chi connectivity index (χ3n) is 4.74. The number of para-hydroxylation sites is 1. The van der Waals surface area contributed by atoms with Crippen LogP contribution in [0.15, 0.2) is 29.1 Å². The summed E-state index contributed by atoms with van der Waals surface area (Å²) in [5, 5.41) is 1.07. The lowest BCUT2D eigenvalue weighted by Gasteiger charge is -2.35. The highest BCUT2D eigenvalue weighted by Crippen LogP contribution is 2.16. The molecule has 1 aromatic heterocycles. The molecule has 2 aromatic rings. The summed E-state index contributed by atoms with van der Waals surface area (Å²) in [6.45, 7) is 9.60. The van der Waals surface area contributed by atoms with Crippen LogP contribution in [-0.2, 0) is 11.3 Å². The van der Waals surface area contributed by atoms with Gasteiger partial charge in [0.2, 0.25) is 5.91 Å². The van der Waals surface area contributed by atoms with Crippen LogP contribution >= 0.6 is 0 Å². The van der Waals surface area contributed by atoms with Crippen LogP contribution in [0.25, 0.3) is 10.9 Å². The fourth-order valence-corrected chi connectivity index (χ4v) is 3.28. The number of piperazine rings is 1. The molecule has 5 heteroatoms. The maximum atomic E-state index is 12.4. The Kier molecular flexibility index (Phi) is 4.71. The fourth-order valence-electron chi connectivity index (χ4n) is 3.28. The number of rotatable bonds is 3. The number of carbonyl (C=O) groups excluding carboxylic acids is 1. The second kappa shape index (κ2) is 6.77.